The van der Waals surface area contributed by atoms with Crippen molar-refractivity contribution in [1.82, 2.24) is 10.2 Å². The zero-order valence-electron chi connectivity index (χ0n) is 19.2. The lowest BCUT2D eigenvalue weighted by Crippen LogP contribution is -2.42. The number of ether oxygens (including phenoxy) is 1. The van der Waals surface area contributed by atoms with E-state index < -0.39 is 5.60 Å². The van der Waals surface area contributed by atoms with Crippen molar-refractivity contribution in [3.63, 3.8) is 0 Å². The monoisotopic (exact) mass is 442 g/mol. The summed E-state index contributed by atoms with van der Waals surface area (Å²) in [5.74, 6) is 0.913. The fourth-order valence-electron chi connectivity index (χ4n) is 3.86. The zero-order chi connectivity index (χ0) is 22.6. The second-order valence-corrected chi connectivity index (χ2v) is 10.6. The molecule has 0 aliphatic carbocycles. The first-order valence-electron chi connectivity index (χ1n) is 11.1. The lowest BCUT2D eigenvalue weighted by Gasteiger charge is -2.32. The molecule has 0 unspecified atom stereocenters. The first-order valence-corrected chi connectivity index (χ1v) is 11.9. The number of carbonyl (C=O) groups is 2. The Labute approximate surface area is 189 Å². The van der Waals surface area contributed by atoms with Crippen LogP contribution in [0.3, 0.4) is 0 Å². The number of piperidine rings is 1. The number of nitrogens with one attached hydrogen (secondary N) is 1. The quantitative estimate of drug-likeness (QED) is 0.626. The van der Waals surface area contributed by atoms with Crippen LogP contribution in [0.5, 0.6) is 0 Å². The molecule has 5 nitrogen and oxygen atoms in total. The van der Waals surface area contributed by atoms with Crippen LogP contribution in [0.1, 0.15) is 68.6 Å². The number of thiophene rings is 1. The molecule has 1 aromatic carbocycles. The van der Waals surface area contributed by atoms with E-state index in [9.17, 15) is 9.59 Å². The SMILES string of the molecule is CC(C)c1ccccc1-c1ccc(C(=O)N2CCC(CNC(=O)OC(C)(C)C)CC2)s1. The maximum Gasteiger partial charge on any atom is 0.407 e. The fourth-order valence-corrected chi connectivity index (χ4v) is 4.88. The molecule has 0 saturated carbocycles. The van der Waals surface area contributed by atoms with Crippen molar-refractivity contribution in [3.8, 4) is 10.4 Å². The number of hydrogen-bond donors (Lipinski definition) is 1. The molecule has 1 fully saturated rings. The second kappa shape index (κ2) is 9.86. The van der Waals surface area contributed by atoms with E-state index in [1.807, 2.05) is 31.7 Å². The molecule has 1 aliphatic rings. The first-order chi connectivity index (χ1) is 14.6. The average molecular weight is 443 g/mol. The molecule has 168 valence electrons. The van der Waals surface area contributed by atoms with Gasteiger partial charge >= 0.3 is 6.09 Å². The van der Waals surface area contributed by atoms with Gasteiger partial charge in [-0.1, -0.05) is 38.1 Å². The molecule has 1 N–H and O–H groups in total. The van der Waals surface area contributed by atoms with E-state index in [1.54, 1.807) is 11.3 Å². The van der Waals surface area contributed by atoms with Gasteiger partial charge in [0.25, 0.3) is 5.91 Å². The molecule has 0 spiro atoms. The number of likely N-dealkylation sites (tertiary alicyclic amines) is 1. The number of amides is 2. The summed E-state index contributed by atoms with van der Waals surface area (Å²) in [5.41, 5.74) is 2.03. The Kier molecular flexibility index (Phi) is 7.42. The Morgan fingerprint density at radius 1 is 1.13 bits per heavy atom. The van der Waals surface area contributed by atoms with Crippen LogP contribution in [0.25, 0.3) is 10.4 Å². The standard InChI is InChI=1S/C25H34N2O3S/c1-17(2)19-8-6-7-9-20(19)21-10-11-22(31-21)23(28)27-14-12-18(13-15-27)16-26-24(29)30-25(3,4)5/h6-11,17-18H,12-16H2,1-5H3,(H,26,29). The van der Waals surface area contributed by atoms with Crippen molar-refractivity contribution in [2.24, 2.45) is 5.92 Å². The fraction of sp³-hybridized carbons (Fsp3) is 0.520. The van der Waals surface area contributed by atoms with Crippen molar-refractivity contribution in [2.45, 2.75) is 59.0 Å². The smallest absolute Gasteiger partial charge is 0.407 e. The maximum absolute atomic E-state index is 13.0. The number of hydrogen-bond acceptors (Lipinski definition) is 4. The highest BCUT2D eigenvalue weighted by Gasteiger charge is 2.26. The summed E-state index contributed by atoms with van der Waals surface area (Å²) in [6.45, 7) is 12.0. The molecule has 2 amide bonds. The Morgan fingerprint density at radius 2 is 1.81 bits per heavy atom. The Balaban J connectivity index is 1.55. The Bertz CT molecular complexity index is 905. The predicted molar refractivity (Wildman–Crippen MR) is 127 cm³/mol. The summed E-state index contributed by atoms with van der Waals surface area (Å²) in [6, 6.07) is 12.4. The van der Waals surface area contributed by atoms with Gasteiger partial charge in [0.2, 0.25) is 0 Å². The molecule has 1 aliphatic heterocycles. The molecule has 1 aromatic heterocycles. The van der Waals surface area contributed by atoms with Gasteiger partial charge in [0.1, 0.15) is 5.60 Å². The van der Waals surface area contributed by atoms with Crippen molar-refractivity contribution < 1.29 is 14.3 Å². The van der Waals surface area contributed by atoms with Gasteiger partial charge in [-0.3, -0.25) is 4.79 Å². The minimum absolute atomic E-state index is 0.108. The molecule has 3 rings (SSSR count). The largest absolute Gasteiger partial charge is 0.444 e. The zero-order valence-corrected chi connectivity index (χ0v) is 20.1. The van der Waals surface area contributed by atoms with Gasteiger partial charge < -0.3 is 15.0 Å². The van der Waals surface area contributed by atoms with Crippen molar-refractivity contribution >= 4 is 23.3 Å². The third-order valence-electron chi connectivity index (χ3n) is 5.50. The summed E-state index contributed by atoms with van der Waals surface area (Å²) in [4.78, 5) is 28.8. The molecular weight excluding hydrogens is 408 g/mol. The lowest BCUT2D eigenvalue weighted by molar-refractivity contribution is 0.0500. The van der Waals surface area contributed by atoms with Gasteiger partial charge in [-0.15, -0.1) is 11.3 Å². The van der Waals surface area contributed by atoms with Gasteiger partial charge in [-0.2, -0.15) is 0 Å². The number of rotatable bonds is 5. The van der Waals surface area contributed by atoms with Crippen molar-refractivity contribution in [2.75, 3.05) is 19.6 Å². The van der Waals surface area contributed by atoms with Crippen LogP contribution in [-0.4, -0.2) is 42.1 Å². The predicted octanol–water partition coefficient (Wildman–Crippen LogP) is 5.92. The first kappa shape index (κ1) is 23.3. The van der Waals surface area contributed by atoms with Crippen molar-refractivity contribution in [3.05, 3.63) is 46.8 Å². The third kappa shape index (κ3) is 6.33. The van der Waals surface area contributed by atoms with Crippen LogP contribution < -0.4 is 5.32 Å². The molecule has 0 atom stereocenters. The van der Waals surface area contributed by atoms with Crippen LogP contribution >= 0.6 is 11.3 Å². The van der Waals surface area contributed by atoms with E-state index >= 15 is 0 Å². The van der Waals surface area contributed by atoms with Gasteiger partial charge in [0.05, 0.1) is 4.88 Å². The minimum Gasteiger partial charge on any atom is -0.444 e. The molecule has 2 heterocycles. The van der Waals surface area contributed by atoms with Crippen LogP contribution in [-0.2, 0) is 4.74 Å². The van der Waals surface area contributed by atoms with E-state index in [0.29, 0.717) is 18.4 Å². The van der Waals surface area contributed by atoms with Gasteiger partial charge in [-0.25, -0.2) is 4.79 Å². The average Bonchev–Trinajstić information content (AvgIpc) is 3.21. The number of carbonyl (C=O) groups excluding carboxylic acids is 2. The molecule has 31 heavy (non-hydrogen) atoms. The third-order valence-corrected chi connectivity index (χ3v) is 6.61. The minimum atomic E-state index is -0.491. The summed E-state index contributed by atoms with van der Waals surface area (Å²) in [5, 5.41) is 2.86. The van der Waals surface area contributed by atoms with Gasteiger partial charge in [-0.05, 0) is 68.7 Å². The summed E-state index contributed by atoms with van der Waals surface area (Å²) in [7, 11) is 0. The second-order valence-electron chi connectivity index (χ2n) is 9.52. The van der Waals surface area contributed by atoms with Crippen LogP contribution in [0.2, 0.25) is 0 Å². The van der Waals surface area contributed by atoms with Crippen LogP contribution in [0, 0.1) is 5.92 Å². The van der Waals surface area contributed by atoms with E-state index in [-0.39, 0.29) is 12.0 Å². The van der Waals surface area contributed by atoms with Crippen molar-refractivity contribution in [1.29, 1.82) is 0 Å². The molecule has 2 aromatic rings. The van der Waals surface area contributed by atoms with E-state index in [2.05, 4.69) is 49.5 Å². The molecule has 0 radical (unpaired) electrons. The molecular formula is C25H34N2O3S. The molecule has 1 saturated heterocycles. The van der Waals surface area contributed by atoms with E-state index in [4.69, 9.17) is 4.74 Å². The molecule has 0 bridgehead atoms. The summed E-state index contributed by atoms with van der Waals surface area (Å²) < 4.78 is 5.29. The number of benzene rings is 1. The van der Waals surface area contributed by atoms with Gasteiger partial charge in [0, 0.05) is 24.5 Å². The topological polar surface area (TPSA) is 58.6 Å². The normalized spacial score (nSPS) is 15.2. The maximum atomic E-state index is 13.0. The van der Waals surface area contributed by atoms with E-state index in [0.717, 1.165) is 35.7 Å². The number of nitrogens with zero attached hydrogens (tertiary/aromatic N) is 1. The Hall–Kier alpha value is -2.34. The van der Waals surface area contributed by atoms with Gasteiger partial charge in [0.15, 0.2) is 0 Å². The highest BCUT2D eigenvalue weighted by molar-refractivity contribution is 7.17. The highest BCUT2D eigenvalue weighted by atomic mass is 32.1. The van der Waals surface area contributed by atoms with Crippen LogP contribution in [0.15, 0.2) is 36.4 Å². The van der Waals surface area contributed by atoms with Crippen LogP contribution in [0.4, 0.5) is 4.79 Å². The Morgan fingerprint density at radius 3 is 2.45 bits per heavy atom. The summed E-state index contributed by atoms with van der Waals surface area (Å²) in [6.07, 6.45) is 1.39. The van der Waals surface area contributed by atoms with E-state index in [1.165, 1.54) is 11.1 Å². The summed E-state index contributed by atoms with van der Waals surface area (Å²) >= 11 is 1.57. The highest BCUT2D eigenvalue weighted by Crippen LogP contribution is 2.34. The lowest BCUT2D eigenvalue weighted by atomic mass is 9.96. The number of alkyl carbamates (subject to hydrolysis) is 1. The molecule has 6 heteroatoms.